The number of benzene rings is 2. The summed E-state index contributed by atoms with van der Waals surface area (Å²) in [7, 11) is -2.29. The van der Waals surface area contributed by atoms with Crippen LogP contribution in [-0.4, -0.2) is 26.4 Å². The number of anilines is 1. The molecule has 0 radical (unpaired) electrons. The van der Waals surface area contributed by atoms with Crippen molar-refractivity contribution in [3.05, 3.63) is 53.9 Å². The van der Waals surface area contributed by atoms with Crippen LogP contribution in [-0.2, 0) is 10.0 Å². The Morgan fingerprint density at radius 1 is 1.17 bits per heavy atom. The number of hydrogen-bond acceptors (Lipinski definition) is 5. The average Bonchev–Trinajstić information content (AvgIpc) is 2.94. The molecule has 2 aromatic carbocycles. The molecule has 0 aliphatic heterocycles. The van der Waals surface area contributed by atoms with Gasteiger partial charge in [0.25, 0.3) is 5.91 Å². The van der Waals surface area contributed by atoms with Crippen molar-refractivity contribution < 1.29 is 17.6 Å². The number of sulfonamides is 1. The topological polar surface area (TPSA) is 101 Å². The van der Waals surface area contributed by atoms with Gasteiger partial charge in [0.05, 0.1) is 4.90 Å². The van der Waals surface area contributed by atoms with Gasteiger partial charge in [-0.25, -0.2) is 18.1 Å². The van der Waals surface area contributed by atoms with E-state index >= 15 is 0 Å². The molecule has 24 heavy (non-hydrogen) atoms. The first-order valence-electron chi connectivity index (χ1n) is 7.11. The zero-order valence-electron chi connectivity index (χ0n) is 13.0. The molecule has 0 fully saturated rings. The molecule has 1 amide bonds. The van der Waals surface area contributed by atoms with Crippen molar-refractivity contribution in [1.29, 1.82) is 0 Å². The number of nitrogens with one attached hydrogen (secondary N) is 2. The summed E-state index contributed by atoms with van der Waals surface area (Å²) in [5.74, 6) is 0.126. The third-order valence-corrected chi connectivity index (χ3v) is 4.84. The summed E-state index contributed by atoms with van der Waals surface area (Å²) < 4.78 is 31.2. The molecule has 0 aliphatic rings. The Kier molecular flexibility index (Phi) is 4.08. The van der Waals surface area contributed by atoms with Crippen LogP contribution in [0.15, 0.2) is 51.8 Å². The number of fused-ring (bicyclic) bond motifs is 1. The summed E-state index contributed by atoms with van der Waals surface area (Å²) >= 11 is 0. The van der Waals surface area contributed by atoms with E-state index in [1.165, 1.54) is 25.2 Å². The Morgan fingerprint density at radius 3 is 2.71 bits per heavy atom. The predicted molar refractivity (Wildman–Crippen MR) is 89.4 cm³/mol. The number of aromatic nitrogens is 1. The molecule has 124 valence electrons. The number of aryl methyl sites for hydroxylation is 1. The van der Waals surface area contributed by atoms with E-state index in [4.69, 9.17) is 4.42 Å². The third-order valence-electron chi connectivity index (χ3n) is 3.43. The zero-order valence-corrected chi connectivity index (χ0v) is 13.8. The lowest BCUT2D eigenvalue weighted by Crippen LogP contribution is -2.19. The maximum absolute atomic E-state index is 12.4. The number of oxazole rings is 1. The Bertz CT molecular complexity index is 1020. The standard InChI is InChI=1S/C16H15N3O4S/c1-10-18-14-9-12(6-7-15(14)23-10)19-16(20)11-4-3-5-13(8-11)24(21,22)17-2/h3-9,17H,1-2H3,(H,19,20). The van der Waals surface area contributed by atoms with Gasteiger partial charge in [-0.3, -0.25) is 4.79 Å². The molecule has 0 saturated heterocycles. The van der Waals surface area contributed by atoms with E-state index in [-0.39, 0.29) is 10.5 Å². The van der Waals surface area contributed by atoms with E-state index in [9.17, 15) is 13.2 Å². The van der Waals surface area contributed by atoms with Gasteiger partial charge in [-0.15, -0.1) is 0 Å². The molecule has 0 bridgehead atoms. The molecule has 8 heteroatoms. The number of carbonyl (C=O) groups excluding carboxylic acids is 1. The number of nitrogens with zero attached hydrogens (tertiary/aromatic N) is 1. The maximum Gasteiger partial charge on any atom is 0.255 e. The highest BCUT2D eigenvalue weighted by molar-refractivity contribution is 7.89. The Hall–Kier alpha value is -2.71. The lowest BCUT2D eigenvalue weighted by atomic mass is 10.2. The van der Waals surface area contributed by atoms with Crippen molar-refractivity contribution >= 4 is 32.7 Å². The van der Waals surface area contributed by atoms with Crippen molar-refractivity contribution in [3.63, 3.8) is 0 Å². The summed E-state index contributed by atoms with van der Waals surface area (Å²) in [6, 6.07) is 10.9. The zero-order chi connectivity index (χ0) is 17.3. The van der Waals surface area contributed by atoms with E-state index in [1.54, 1.807) is 31.2 Å². The fourth-order valence-electron chi connectivity index (χ4n) is 2.25. The first-order chi connectivity index (χ1) is 11.4. The first-order valence-corrected chi connectivity index (χ1v) is 8.59. The molecule has 3 rings (SSSR count). The minimum Gasteiger partial charge on any atom is -0.441 e. The van der Waals surface area contributed by atoms with Gasteiger partial charge in [-0.05, 0) is 43.4 Å². The van der Waals surface area contributed by atoms with Crippen LogP contribution in [0, 0.1) is 6.92 Å². The van der Waals surface area contributed by atoms with E-state index < -0.39 is 15.9 Å². The molecule has 0 atom stereocenters. The van der Waals surface area contributed by atoms with Crippen LogP contribution in [0.3, 0.4) is 0 Å². The fourth-order valence-corrected chi connectivity index (χ4v) is 3.02. The second-order valence-electron chi connectivity index (χ2n) is 5.10. The lowest BCUT2D eigenvalue weighted by Gasteiger charge is -2.07. The van der Waals surface area contributed by atoms with Crippen molar-refractivity contribution in [2.45, 2.75) is 11.8 Å². The van der Waals surface area contributed by atoms with Crippen LogP contribution >= 0.6 is 0 Å². The average molecular weight is 345 g/mol. The second-order valence-corrected chi connectivity index (χ2v) is 6.99. The Labute approximate surface area is 138 Å². The van der Waals surface area contributed by atoms with Gasteiger partial charge in [-0.2, -0.15) is 0 Å². The molecule has 1 aromatic heterocycles. The summed E-state index contributed by atoms with van der Waals surface area (Å²) in [6.07, 6.45) is 0. The molecule has 7 nitrogen and oxygen atoms in total. The van der Waals surface area contributed by atoms with E-state index in [1.807, 2.05) is 0 Å². The van der Waals surface area contributed by atoms with Gasteiger partial charge in [-0.1, -0.05) is 6.07 Å². The lowest BCUT2D eigenvalue weighted by molar-refractivity contribution is 0.102. The minimum absolute atomic E-state index is 0.0280. The summed E-state index contributed by atoms with van der Waals surface area (Å²) in [4.78, 5) is 16.6. The minimum atomic E-state index is -3.61. The van der Waals surface area contributed by atoms with Crippen LogP contribution in [0.2, 0.25) is 0 Å². The first kappa shape index (κ1) is 16.2. The van der Waals surface area contributed by atoms with Gasteiger partial charge < -0.3 is 9.73 Å². The third kappa shape index (κ3) is 3.15. The van der Waals surface area contributed by atoms with Crippen LogP contribution in [0.4, 0.5) is 5.69 Å². The normalized spacial score (nSPS) is 11.6. The smallest absolute Gasteiger partial charge is 0.255 e. The number of carbonyl (C=O) groups is 1. The highest BCUT2D eigenvalue weighted by atomic mass is 32.2. The number of rotatable bonds is 4. The molecule has 0 spiro atoms. The molecular formula is C16H15N3O4S. The highest BCUT2D eigenvalue weighted by Crippen LogP contribution is 2.20. The Morgan fingerprint density at radius 2 is 1.96 bits per heavy atom. The highest BCUT2D eigenvalue weighted by Gasteiger charge is 2.14. The maximum atomic E-state index is 12.4. The van der Waals surface area contributed by atoms with E-state index in [2.05, 4.69) is 15.0 Å². The van der Waals surface area contributed by atoms with Crippen LogP contribution in [0.5, 0.6) is 0 Å². The van der Waals surface area contributed by atoms with E-state index in [0.717, 1.165) is 0 Å². The van der Waals surface area contributed by atoms with Crippen molar-refractivity contribution in [2.24, 2.45) is 0 Å². The molecule has 0 saturated carbocycles. The number of hydrogen-bond donors (Lipinski definition) is 2. The monoisotopic (exact) mass is 345 g/mol. The summed E-state index contributed by atoms with van der Waals surface area (Å²) in [5, 5.41) is 2.72. The second kappa shape index (κ2) is 6.06. The van der Waals surface area contributed by atoms with Gasteiger partial charge in [0.15, 0.2) is 11.5 Å². The molecule has 0 aliphatic carbocycles. The van der Waals surface area contributed by atoms with Crippen LogP contribution < -0.4 is 10.0 Å². The Balaban J connectivity index is 1.87. The molecule has 1 heterocycles. The summed E-state index contributed by atoms with van der Waals surface area (Å²) in [6.45, 7) is 1.74. The van der Waals surface area contributed by atoms with Crippen molar-refractivity contribution in [2.75, 3.05) is 12.4 Å². The summed E-state index contributed by atoms with van der Waals surface area (Å²) in [5.41, 5.74) is 2.05. The van der Waals surface area contributed by atoms with Gasteiger partial charge in [0.1, 0.15) is 5.52 Å². The molecule has 2 N–H and O–H groups in total. The van der Waals surface area contributed by atoms with Gasteiger partial charge in [0, 0.05) is 18.2 Å². The molecule has 0 unspecified atom stereocenters. The quantitative estimate of drug-likeness (QED) is 0.755. The number of amides is 1. The van der Waals surface area contributed by atoms with Crippen LogP contribution in [0.1, 0.15) is 16.2 Å². The van der Waals surface area contributed by atoms with Gasteiger partial charge in [0.2, 0.25) is 10.0 Å². The fraction of sp³-hybridized carbons (Fsp3) is 0.125. The van der Waals surface area contributed by atoms with E-state index in [0.29, 0.717) is 22.7 Å². The molecule has 3 aromatic rings. The molecular weight excluding hydrogens is 330 g/mol. The van der Waals surface area contributed by atoms with Crippen molar-refractivity contribution in [3.8, 4) is 0 Å². The predicted octanol–water partition coefficient (Wildman–Crippen LogP) is 2.30. The van der Waals surface area contributed by atoms with Gasteiger partial charge >= 0.3 is 0 Å². The SMILES string of the molecule is CNS(=O)(=O)c1cccc(C(=O)Nc2ccc3oc(C)nc3c2)c1. The van der Waals surface area contributed by atoms with Crippen LogP contribution in [0.25, 0.3) is 11.1 Å². The van der Waals surface area contributed by atoms with Crippen molar-refractivity contribution in [1.82, 2.24) is 9.71 Å². The largest absolute Gasteiger partial charge is 0.441 e.